The van der Waals surface area contributed by atoms with Gasteiger partial charge in [0, 0.05) is 6.04 Å². The van der Waals surface area contributed by atoms with Gasteiger partial charge >= 0.3 is 5.97 Å². The molecule has 0 saturated carbocycles. The van der Waals surface area contributed by atoms with E-state index >= 15 is 0 Å². The van der Waals surface area contributed by atoms with Gasteiger partial charge in [0.25, 0.3) is 0 Å². The summed E-state index contributed by atoms with van der Waals surface area (Å²) in [6.45, 7) is 5.12. The zero-order valence-electron chi connectivity index (χ0n) is 8.22. The smallest absolute Gasteiger partial charge is 0.307 e. The molecule has 1 atom stereocenters. The van der Waals surface area contributed by atoms with Gasteiger partial charge in [-0.05, 0) is 19.9 Å². The van der Waals surface area contributed by atoms with Gasteiger partial charge < -0.3 is 10.1 Å². The second-order valence-electron chi connectivity index (χ2n) is 2.99. The molecular weight excluding hydrogens is 154 g/mol. The number of ether oxygens (including phenoxy) is 1. The molecule has 0 rings (SSSR count). The van der Waals surface area contributed by atoms with Gasteiger partial charge in [-0.25, -0.2) is 0 Å². The highest BCUT2D eigenvalue weighted by Gasteiger charge is 2.06. The van der Waals surface area contributed by atoms with Crippen molar-refractivity contribution in [3.8, 4) is 0 Å². The van der Waals surface area contributed by atoms with Gasteiger partial charge in [0.2, 0.25) is 0 Å². The summed E-state index contributed by atoms with van der Waals surface area (Å²) in [5, 5.41) is 3.25. The SMILES string of the molecule is CCCCN[C@@H](C)CC(=O)OC. The van der Waals surface area contributed by atoms with E-state index in [2.05, 4.69) is 17.0 Å². The number of methoxy groups -OCH3 is 1. The largest absolute Gasteiger partial charge is 0.469 e. The third kappa shape index (κ3) is 6.16. The second-order valence-corrected chi connectivity index (χ2v) is 2.99. The van der Waals surface area contributed by atoms with E-state index < -0.39 is 0 Å². The Morgan fingerprint density at radius 1 is 1.58 bits per heavy atom. The Balaban J connectivity index is 3.32. The van der Waals surface area contributed by atoms with Crippen molar-refractivity contribution in [1.82, 2.24) is 5.32 Å². The highest BCUT2D eigenvalue weighted by molar-refractivity contribution is 5.69. The number of unbranched alkanes of at least 4 members (excludes halogenated alkanes) is 1. The molecule has 0 fully saturated rings. The van der Waals surface area contributed by atoms with E-state index in [9.17, 15) is 4.79 Å². The van der Waals surface area contributed by atoms with Crippen molar-refractivity contribution in [1.29, 1.82) is 0 Å². The number of carbonyl (C=O) groups is 1. The molecule has 0 spiro atoms. The molecule has 0 heterocycles. The van der Waals surface area contributed by atoms with Gasteiger partial charge in [-0.2, -0.15) is 0 Å². The minimum absolute atomic E-state index is 0.147. The third-order valence-electron chi connectivity index (χ3n) is 1.72. The van der Waals surface area contributed by atoms with Crippen LogP contribution in [-0.2, 0) is 9.53 Å². The molecule has 3 heteroatoms. The Bertz CT molecular complexity index is 126. The number of esters is 1. The minimum atomic E-state index is -0.147. The molecular formula is C9H19NO2. The quantitative estimate of drug-likeness (QED) is 0.486. The van der Waals surface area contributed by atoms with E-state index in [-0.39, 0.29) is 12.0 Å². The van der Waals surface area contributed by atoms with Crippen LogP contribution in [0.5, 0.6) is 0 Å². The van der Waals surface area contributed by atoms with Crippen LogP contribution in [0.4, 0.5) is 0 Å². The lowest BCUT2D eigenvalue weighted by atomic mass is 10.2. The number of carbonyl (C=O) groups excluding carboxylic acids is 1. The summed E-state index contributed by atoms with van der Waals surface area (Å²) in [6, 6.07) is 0.226. The first-order valence-electron chi connectivity index (χ1n) is 4.50. The van der Waals surface area contributed by atoms with E-state index in [1.54, 1.807) is 0 Å². The molecule has 0 saturated heterocycles. The summed E-state index contributed by atoms with van der Waals surface area (Å²) < 4.78 is 4.55. The fourth-order valence-electron chi connectivity index (χ4n) is 0.931. The van der Waals surface area contributed by atoms with Crippen LogP contribution in [0.1, 0.15) is 33.1 Å². The van der Waals surface area contributed by atoms with E-state index in [0.29, 0.717) is 6.42 Å². The number of nitrogens with one attached hydrogen (secondary N) is 1. The maximum absolute atomic E-state index is 10.8. The Labute approximate surface area is 74.5 Å². The summed E-state index contributed by atoms with van der Waals surface area (Å²) in [6.07, 6.45) is 2.80. The Morgan fingerprint density at radius 2 is 2.25 bits per heavy atom. The van der Waals surface area contributed by atoms with Gasteiger partial charge in [0.05, 0.1) is 13.5 Å². The van der Waals surface area contributed by atoms with Crippen molar-refractivity contribution in [2.24, 2.45) is 0 Å². The van der Waals surface area contributed by atoms with Crippen LogP contribution in [0.15, 0.2) is 0 Å². The fraction of sp³-hybridized carbons (Fsp3) is 0.889. The zero-order valence-corrected chi connectivity index (χ0v) is 8.22. The monoisotopic (exact) mass is 173 g/mol. The molecule has 1 N–H and O–H groups in total. The van der Waals surface area contributed by atoms with Gasteiger partial charge in [-0.15, -0.1) is 0 Å². The third-order valence-corrected chi connectivity index (χ3v) is 1.72. The molecule has 0 aliphatic heterocycles. The van der Waals surface area contributed by atoms with Crippen molar-refractivity contribution in [2.75, 3.05) is 13.7 Å². The number of hydrogen-bond acceptors (Lipinski definition) is 3. The molecule has 0 radical (unpaired) electrons. The topological polar surface area (TPSA) is 38.3 Å². The van der Waals surface area contributed by atoms with Crippen molar-refractivity contribution in [2.45, 2.75) is 39.2 Å². The lowest BCUT2D eigenvalue weighted by Crippen LogP contribution is -2.29. The molecule has 0 amide bonds. The van der Waals surface area contributed by atoms with Gasteiger partial charge in [0.15, 0.2) is 0 Å². The minimum Gasteiger partial charge on any atom is -0.469 e. The highest BCUT2D eigenvalue weighted by Crippen LogP contribution is 1.93. The van der Waals surface area contributed by atoms with Crippen LogP contribution in [-0.4, -0.2) is 25.7 Å². The van der Waals surface area contributed by atoms with Crippen LogP contribution >= 0.6 is 0 Å². The van der Waals surface area contributed by atoms with E-state index in [0.717, 1.165) is 13.0 Å². The number of rotatable bonds is 6. The Hall–Kier alpha value is -0.570. The Kier molecular flexibility index (Phi) is 6.76. The van der Waals surface area contributed by atoms with Crippen LogP contribution in [0, 0.1) is 0 Å². The Morgan fingerprint density at radius 3 is 2.75 bits per heavy atom. The van der Waals surface area contributed by atoms with Crippen LogP contribution in [0.2, 0.25) is 0 Å². The van der Waals surface area contributed by atoms with Crippen LogP contribution < -0.4 is 5.32 Å². The second kappa shape index (κ2) is 7.10. The molecule has 72 valence electrons. The van der Waals surface area contributed by atoms with Gasteiger partial charge in [-0.1, -0.05) is 13.3 Å². The van der Waals surface area contributed by atoms with Crippen LogP contribution in [0.25, 0.3) is 0 Å². The summed E-state index contributed by atoms with van der Waals surface area (Å²) in [5.41, 5.74) is 0. The predicted molar refractivity (Wildman–Crippen MR) is 49.0 cm³/mol. The van der Waals surface area contributed by atoms with Crippen LogP contribution in [0.3, 0.4) is 0 Å². The first kappa shape index (κ1) is 11.4. The molecule has 0 bridgehead atoms. The molecule has 3 nitrogen and oxygen atoms in total. The van der Waals surface area contributed by atoms with E-state index in [4.69, 9.17) is 0 Å². The first-order valence-corrected chi connectivity index (χ1v) is 4.50. The first-order chi connectivity index (χ1) is 5.70. The van der Waals surface area contributed by atoms with Crippen molar-refractivity contribution in [3.05, 3.63) is 0 Å². The lowest BCUT2D eigenvalue weighted by molar-refractivity contribution is -0.141. The molecule has 0 unspecified atom stereocenters. The van der Waals surface area contributed by atoms with E-state index in [1.165, 1.54) is 13.5 Å². The predicted octanol–water partition coefficient (Wildman–Crippen LogP) is 1.33. The average Bonchev–Trinajstić information content (AvgIpc) is 2.05. The van der Waals surface area contributed by atoms with Crippen molar-refractivity contribution >= 4 is 5.97 Å². The summed E-state index contributed by atoms with van der Waals surface area (Å²) in [5.74, 6) is -0.147. The molecule has 0 aromatic heterocycles. The maximum atomic E-state index is 10.8. The lowest BCUT2D eigenvalue weighted by Gasteiger charge is -2.11. The normalized spacial score (nSPS) is 12.6. The average molecular weight is 173 g/mol. The van der Waals surface area contributed by atoms with E-state index in [1.807, 2.05) is 6.92 Å². The molecule has 0 aliphatic rings. The molecule has 12 heavy (non-hydrogen) atoms. The molecule has 0 aliphatic carbocycles. The van der Waals surface area contributed by atoms with Crippen molar-refractivity contribution in [3.63, 3.8) is 0 Å². The van der Waals surface area contributed by atoms with Gasteiger partial charge in [-0.3, -0.25) is 4.79 Å². The van der Waals surface area contributed by atoms with Gasteiger partial charge in [0.1, 0.15) is 0 Å². The van der Waals surface area contributed by atoms with Crippen molar-refractivity contribution < 1.29 is 9.53 Å². The summed E-state index contributed by atoms with van der Waals surface area (Å²) >= 11 is 0. The standard InChI is InChI=1S/C9H19NO2/c1-4-5-6-10-8(2)7-9(11)12-3/h8,10H,4-7H2,1-3H3/t8-/m0/s1. The maximum Gasteiger partial charge on any atom is 0.307 e. The summed E-state index contributed by atoms with van der Waals surface area (Å²) in [7, 11) is 1.42. The molecule has 0 aromatic carbocycles. The number of hydrogen-bond donors (Lipinski definition) is 1. The molecule has 0 aromatic rings. The zero-order chi connectivity index (χ0) is 9.40. The summed E-state index contributed by atoms with van der Waals surface area (Å²) in [4.78, 5) is 10.8. The fourth-order valence-corrected chi connectivity index (χ4v) is 0.931. The highest BCUT2D eigenvalue weighted by atomic mass is 16.5.